The largest absolute Gasteiger partial charge is 0.493 e. The smallest absolute Gasteiger partial charge is 0.326 e. The second-order valence-corrected chi connectivity index (χ2v) is 7.80. The molecule has 2 aliphatic heterocycles. The minimum Gasteiger partial charge on any atom is -0.493 e. The van der Waals surface area contributed by atoms with Gasteiger partial charge in [-0.25, -0.2) is 0 Å². The van der Waals surface area contributed by atoms with E-state index in [1.807, 2.05) is 0 Å². The molecule has 0 amide bonds. The molecule has 3 N–H and O–H groups in total. The minimum absolute atomic E-state index is 0.0143. The third kappa shape index (κ3) is 2.95. The Labute approximate surface area is 187 Å². The van der Waals surface area contributed by atoms with Crippen molar-refractivity contribution in [2.24, 2.45) is 10.7 Å². The molecule has 162 valence electrons. The summed E-state index contributed by atoms with van der Waals surface area (Å²) in [5, 5.41) is 10.7. The van der Waals surface area contributed by atoms with E-state index >= 15 is 0 Å². The van der Waals surface area contributed by atoms with Crippen LogP contribution in [-0.4, -0.2) is 44.2 Å². The van der Waals surface area contributed by atoms with Crippen molar-refractivity contribution in [2.45, 2.75) is 18.4 Å². The Morgan fingerprint density at radius 2 is 2.06 bits per heavy atom. The van der Waals surface area contributed by atoms with E-state index in [-0.39, 0.29) is 18.2 Å². The molecule has 0 fully saturated rings. The maximum absolute atomic E-state index is 13.1. The first kappa shape index (κ1) is 21.0. The fourth-order valence-corrected chi connectivity index (χ4v) is 4.79. The van der Waals surface area contributed by atoms with Gasteiger partial charge in [-0.1, -0.05) is 6.08 Å². The van der Waals surface area contributed by atoms with Crippen LogP contribution >= 0.6 is 15.9 Å². The fourth-order valence-electron chi connectivity index (χ4n) is 4.19. The van der Waals surface area contributed by atoms with Gasteiger partial charge in [-0.05, 0) is 52.7 Å². The van der Waals surface area contributed by atoms with Crippen molar-refractivity contribution in [3.8, 4) is 11.5 Å². The fraction of sp³-hybridized carbons (Fsp3) is 0.273. The molecule has 9 heteroatoms. The van der Waals surface area contributed by atoms with Crippen LogP contribution in [0, 0.1) is 0 Å². The molecule has 0 aromatic heterocycles. The molecule has 0 saturated carbocycles. The summed E-state index contributed by atoms with van der Waals surface area (Å²) in [6.07, 6.45) is 6.19. The molecule has 31 heavy (non-hydrogen) atoms. The Kier molecular flexibility index (Phi) is 5.30. The van der Waals surface area contributed by atoms with Crippen LogP contribution in [0.25, 0.3) is 0 Å². The molecule has 1 aromatic carbocycles. The predicted octanol–water partition coefficient (Wildman–Crippen LogP) is 3.19. The topological polar surface area (TPSA) is 113 Å². The van der Waals surface area contributed by atoms with Crippen LogP contribution in [0.3, 0.4) is 0 Å². The lowest BCUT2D eigenvalue weighted by molar-refractivity contribution is -0.143. The highest BCUT2D eigenvalue weighted by atomic mass is 79.9. The number of carbonyl (C=O) groups is 1. The Morgan fingerprint density at radius 3 is 2.71 bits per heavy atom. The Hall–Kier alpha value is -3.20. The molecule has 1 aliphatic carbocycles. The van der Waals surface area contributed by atoms with Crippen molar-refractivity contribution in [3.63, 3.8) is 0 Å². The summed E-state index contributed by atoms with van der Waals surface area (Å²) in [4.78, 5) is 17.4. The highest BCUT2D eigenvalue weighted by molar-refractivity contribution is 9.10. The quantitative estimate of drug-likeness (QED) is 0.631. The molecular weight excluding hydrogens is 468 g/mol. The van der Waals surface area contributed by atoms with Crippen LogP contribution < -0.4 is 15.2 Å². The van der Waals surface area contributed by atoms with Crippen molar-refractivity contribution in [1.82, 2.24) is 0 Å². The monoisotopic (exact) mass is 488 g/mol. The zero-order valence-electron chi connectivity index (χ0n) is 17.1. The van der Waals surface area contributed by atoms with Gasteiger partial charge in [0.15, 0.2) is 28.8 Å². The van der Waals surface area contributed by atoms with E-state index in [1.165, 1.54) is 14.2 Å². The maximum atomic E-state index is 13.1. The van der Waals surface area contributed by atoms with E-state index in [1.54, 1.807) is 43.5 Å². The van der Waals surface area contributed by atoms with Gasteiger partial charge in [0.1, 0.15) is 0 Å². The number of allylic oxidation sites excluding steroid dienone is 3. The number of nitrogens with zero attached hydrogens (tertiary/aromatic N) is 1. The minimum atomic E-state index is -1.75. The van der Waals surface area contributed by atoms with Crippen LogP contribution in [0.15, 0.2) is 68.3 Å². The second kappa shape index (κ2) is 7.81. The number of carboxylic acid groups (broad SMARTS) is 1. The summed E-state index contributed by atoms with van der Waals surface area (Å²) in [5.74, 6) is -0.432. The number of aliphatic imine (C=N–C) groups is 1. The molecule has 4 rings (SSSR count). The molecular formula is C22H21BrN2O6. The molecule has 0 bridgehead atoms. The molecule has 2 unspecified atom stereocenters. The van der Waals surface area contributed by atoms with E-state index in [2.05, 4.69) is 20.9 Å². The van der Waals surface area contributed by atoms with Crippen LogP contribution in [-0.2, 0) is 19.7 Å². The predicted molar refractivity (Wildman–Crippen MR) is 117 cm³/mol. The van der Waals surface area contributed by atoms with Gasteiger partial charge in [0, 0.05) is 17.4 Å². The molecule has 8 nitrogen and oxygen atoms in total. The number of aliphatic carboxylic acids is 1. The number of hydrogen-bond acceptors (Lipinski definition) is 7. The SMILES string of the molecule is CCOC1=C(N)OC2C3=CC=NC3=CC=C2C1(C(=O)O)c1cc(Br)c(OC)c(OC)c1. The zero-order chi connectivity index (χ0) is 22.3. The lowest BCUT2D eigenvalue weighted by Crippen LogP contribution is -2.50. The van der Waals surface area contributed by atoms with Gasteiger partial charge in [0.2, 0.25) is 5.88 Å². The maximum Gasteiger partial charge on any atom is 0.326 e. The Bertz CT molecular complexity index is 1120. The normalized spacial score (nSPS) is 23.7. The highest BCUT2D eigenvalue weighted by Gasteiger charge is 2.58. The average Bonchev–Trinajstić information content (AvgIpc) is 3.23. The number of benzene rings is 1. The summed E-state index contributed by atoms with van der Waals surface area (Å²) in [6, 6.07) is 3.29. The van der Waals surface area contributed by atoms with Crippen LogP contribution in [0.1, 0.15) is 12.5 Å². The van der Waals surface area contributed by atoms with Gasteiger partial charge >= 0.3 is 5.97 Å². The van der Waals surface area contributed by atoms with Crippen molar-refractivity contribution in [3.05, 3.63) is 68.9 Å². The summed E-state index contributed by atoms with van der Waals surface area (Å²) in [6.45, 7) is 1.96. The summed E-state index contributed by atoms with van der Waals surface area (Å²) >= 11 is 3.47. The number of nitrogens with two attached hydrogens (primary N) is 1. The van der Waals surface area contributed by atoms with Gasteiger partial charge in [0.05, 0.1) is 31.0 Å². The van der Waals surface area contributed by atoms with E-state index in [9.17, 15) is 9.90 Å². The number of methoxy groups -OCH3 is 2. The lowest BCUT2D eigenvalue weighted by Gasteiger charge is -2.43. The third-order valence-electron chi connectivity index (χ3n) is 5.47. The highest BCUT2D eigenvalue weighted by Crippen LogP contribution is 2.53. The summed E-state index contributed by atoms with van der Waals surface area (Å²) < 4.78 is 23.2. The molecule has 2 atom stereocenters. The van der Waals surface area contributed by atoms with Crippen LogP contribution in [0.5, 0.6) is 11.5 Å². The Morgan fingerprint density at radius 1 is 1.29 bits per heavy atom. The zero-order valence-corrected chi connectivity index (χ0v) is 18.7. The first-order valence-corrected chi connectivity index (χ1v) is 10.3. The van der Waals surface area contributed by atoms with Crippen molar-refractivity contribution in [2.75, 3.05) is 20.8 Å². The van der Waals surface area contributed by atoms with Crippen molar-refractivity contribution < 1.29 is 28.8 Å². The number of hydrogen-bond donors (Lipinski definition) is 2. The van der Waals surface area contributed by atoms with Gasteiger partial charge < -0.3 is 29.8 Å². The van der Waals surface area contributed by atoms with E-state index in [0.717, 1.165) is 5.57 Å². The summed E-state index contributed by atoms with van der Waals surface area (Å²) in [7, 11) is 2.99. The van der Waals surface area contributed by atoms with Crippen LogP contribution in [0.4, 0.5) is 0 Å². The molecule has 0 saturated heterocycles. The first-order chi connectivity index (χ1) is 14.9. The first-order valence-electron chi connectivity index (χ1n) is 9.52. The average molecular weight is 489 g/mol. The van der Waals surface area contributed by atoms with Gasteiger partial charge in [-0.2, -0.15) is 0 Å². The molecule has 0 spiro atoms. The van der Waals surface area contributed by atoms with Gasteiger partial charge in [0.25, 0.3) is 0 Å². The second-order valence-electron chi connectivity index (χ2n) is 6.95. The van der Waals surface area contributed by atoms with Gasteiger partial charge in [-0.3, -0.25) is 9.79 Å². The van der Waals surface area contributed by atoms with Crippen molar-refractivity contribution in [1.29, 1.82) is 0 Å². The standard InChI is InChI=1S/C22H21BrN2O6/c1-4-30-19-20(24)31-17-12-7-8-25-15(12)6-5-13(17)22(19,21(26)27)11-9-14(23)18(29-3)16(10-11)28-2/h5-10,17H,4,24H2,1-3H3,(H,26,27). The number of ether oxygens (including phenoxy) is 4. The van der Waals surface area contributed by atoms with E-state index in [0.29, 0.717) is 32.8 Å². The number of fused-ring (bicyclic) bond motifs is 3. The van der Waals surface area contributed by atoms with E-state index < -0.39 is 17.5 Å². The number of halogens is 1. The van der Waals surface area contributed by atoms with Crippen molar-refractivity contribution >= 4 is 28.1 Å². The molecule has 0 radical (unpaired) electrons. The van der Waals surface area contributed by atoms with E-state index in [4.69, 9.17) is 24.7 Å². The van der Waals surface area contributed by atoms with Crippen LogP contribution in [0.2, 0.25) is 0 Å². The molecule has 2 heterocycles. The Balaban J connectivity index is 2.07. The lowest BCUT2D eigenvalue weighted by atomic mass is 9.66. The molecule has 3 aliphatic rings. The number of carboxylic acids is 1. The molecule has 1 aromatic rings. The number of rotatable bonds is 6. The van der Waals surface area contributed by atoms with Gasteiger partial charge in [-0.15, -0.1) is 0 Å². The summed E-state index contributed by atoms with van der Waals surface area (Å²) in [5.41, 5.74) is 6.78. The third-order valence-corrected chi connectivity index (χ3v) is 6.06.